The standard InChI is InChI=1S/C18H18N4O/c1-14(22-13-19-12-20-22)18(23)21(2)17-11-7-6-10-16(17)15-8-4-3-5-9-15/h3-14H,1-2H3/t14-/m0/s1. The lowest BCUT2D eigenvalue weighted by Gasteiger charge is -2.24. The number of anilines is 1. The van der Waals surface area contributed by atoms with E-state index in [4.69, 9.17) is 0 Å². The van der Waals surface area contributed by atoms with Gasteiger partial charge in [0.15, 0.2) is 0 Å². The van der Waals surface area contributed by atoms with Gasteiger partial charge in [0.2, 0.25) is 0 Å². The zero-order valence-electron chi connectivity index (χ0n) is 13.1. The summed E-state index contributed by atoms with van der Waals surface area (Å²) in [6.45, 7) is 1.82. The van der Waals surface area contributed by atoms with Crippen molar-refractivity contribution in [2.24, 2.45) is 0 Å². The topological polar surface area (TPSA) is 51.0 Å². The van der Waals surface area contributed by atoms with E-state index in [-0.39, 0.29) is 5.91 Å². The molecular formula is C18H18N4O. The second-order valence-corrected chi connectivity index (χ2v) is 5.33. The zero-order chi connectivity index (χ0) is 16.2. The molecule has 0 aliphatic rings. The van der Waals surface area contributed by atoms with E-state index >= 15 is 0 Å². The first-order valence-electron chi connectivity index (χ1n) is 7.44. The number of carbonyl (C=O) groups excluding carboxylic acids is 1. The summed E-state index contributed by atoms with van der Waals surface area (Å²) >= 11 is 0. The van der Waals surface area contributed by atoms with Crippen LogP contribution in [-0.2, 0) is 4.79 Å². The molecular weight excluding hydrogens is 288 g/mol. The molecule has 0 saturated carbocycles. The number of rotatable bonds is 4. The van der Waals surface area contributed by atoms with Gasteiger partial charge in [-0.15, -0.1) is 0 Å². The van der Waals surface area contributed by atoms with Crippen LogP contribution in [0.15, 0.2) is 67.3 Å². The summed E-state index contributed by atoms with van der Waals surface area (Å²) in [5.74, 6) is -0.0427. The van der Waals surface area contributed by atoms with E-state index < -0.39 is 6.04 Å². The van der Waals surface area contributed by atoms with E-state index in [1.165, 1.54) is 6.33 Å². The van der Waals surface area contributed by atoms with Gasteiger partial charge in [0, 0.05) is 12.6 Å². The molecule has 3 rings (SSSR count). The highest BCUT2D eigenvalue weighted by Gasteiger charge is 2.22. The van der Waals surface area contributed by atoms with Gasteiger partial charge < -0.3 is 4.90 Å². The molecule has 1 amide bonds. The van der Waals surface area contributed by atoms with Gasteiger partial charge in [0.25, 0.3) is 5.91 Å². The van der Waals surface area contributed by atoms with E-state index in [0.29, 0.717) is 0 Å². The molecule has 5 nitrogen and oxygen atoms in total. The Hall–Kier alpha value is -2.95. The quantitative estimate of drug-likeness (QED) is 0.744. The van der Waals surface area contributed by atoms with Gasteiger partial charge >= 0.3 is 0 Å². The molecule has 3 aromatic rings. The smallest absolute Gasteiger partial charge is 0.251 e. The number of likely N-dealkylation sites (N-methyl/N-ethyl adjacent to an activating group) is 1. The van der Waals surface area contributed by atoms with Crippen molar-refractivity contribution >= 4 is 11.6 Å². The number of para-hydroxylation sites is 1. The van der Waals surface area contributed by atoms with Crippen molar-refractivity contribution in [3.05, 3.63) is 67.3 Å². The minimum Gasteiger partial charge on any atom is -0.313 e. The zero-order valence-corrected chi connectivity index (χ0v) is 13.1. The average Bonchev–Trinajstić information content (AvgIpc) is 3.15. The summed E-state index contributed by atoms with van der Waals surface area (Å²) in [6.07, 6.45) is 2.99. The second-order valence-electron chi connectivity index (χ2n) is 5.33. The van der Waals surface area contributed by atoms with Crippen molar-refractivity contribution in [3.63, 3.8) is 0 Å². The number of nitrogens with zero attached hydrogens (tertiary/aromatic N) is 4. The Bertz CT molecular complexity index is 784. The van der Waals surface area contributed by atoms with Gasteiger partial charge in [0.1, 0.15) is 18.7 Å². The summed E-state index contributed by atoms with van der Waals surface area (Å²) in [5.41, 5.74) is 2.97. The summed E-state index contributed by atoms with van der Waals surface area (Å²) in [5, 5.41) is 4.05. The molecule has 0 radical (unpaired) electrons. The molecule has 5 heteroatoms. The SMILES string of the molecule is C[C@@H](C(=O)N(C)c1ccccc1-c1ccccc1)n1cncn1. The maximum atomic E-state index is 12.8. The molecule has 0 spiro atoms. The average molecular weight is 306 g/mol. The highest BCUT2D eigenvalue weighted by molar-refractivity contribution is 5.99. The molecule has 2 aromatic carbocycles. The summed E-state index contributed by atoms with van der Waals surface area (Å²) in [6, 6.07) is 17.5. The first-order chi connectivity index (χ1) is 11.2. The van der Waals surface area contributed by atoms with Crippen molar-refractivity contribution < 1.29 is 4.79 Å². The molecule has 0 bridgehead atoms. The van der Waals surface area contributed by atoms with Crippen molar-refractivity contribution in [3.8, 4) is 11.1 Å². The Labute approximate surface area is 135 Å². The van der Waals surface area contributed by atoms with Gasteiger partial charge in [-0.25, -0.2) is 9.67 Å². The van der Waals surface area contributed by atoms with E-state index in [0.717, 1.165) is 16.8 Å². The van der Waals surface area contributed by atoms with Crippen LogP contribution in [0.3, 0.4) is 0 Å². The normalized spacial score (nSPS) is 11.9. The van der Waals surface area contributed by atoms with Crippen LogP contribution in [0.25, 0.3) is 11.1 Å². The van der Waals surface area contributed by atoms with Crippen molar-refractivity contribution in [1.29, 1.82) is 0 Å². The summed E-state index contributed by atoms with van der Waals surface area (Å²) in [7, 11) is 1.79. The molecule has 1 aromatic heterocycles. The minimum atomic E-state index is -0.411. The number of hydrogen-bond donors (Lipinski definition) is 0. The van der Waals surface area contributed by atoms with Crippen LogP contribution in [-0.4, -0.2) is 27.7 Å². The number of amides is 1. The van der Waals surface area contributed by atoms with Crippen molar-refractivity contribution in [2.75, 3.05) is 11.9 Å². The third-order valence-corrected chi connectivity index (χ3v) is 3.87. The number of hydrogen-bond acceptors (Lipinski definition) is 3. The third-order valence-electron chi connectivity index (χ3n) is 3.87. The molecule has 1 atom stereocenters. The van der Waals surface area contributed by atoms with Gasteiger partial charge in [-0.2, -0.15) is 5.10 Å². The largest absolute Gasteiger partial charge is 0.313 e. The van der Waals surface area contributed by atoms with Gasteiger partial charge in [-0.05, 0) is 18.6 Å². The fourth-order valence-corrected chi connectivity index (χ4v) is 2.56. The molecule has 0 aliphatic carbocycles. The van der Waals surface area contributed by atoms with Gasteiger partial charge in [-0.3, -0.25) is 4.79 Å². The first-order valence-corrected chi connectivity index (χ1v) is 7.44. The second kappa shape index (κ2) is 6.44. The summed E-state index contributed by atoms with van der Waals surface area (Å²) in [4.78, 5) is 18.3. The van der Waals surface area contributed by atoms with Gasteiger partial charge in [-0.1, -0.05) is 48.5 Å². The van der Waals surface area contributed by atoms with Crippen LogP contribution in [0.2, 0.25) is 0 Å². The Morgan fingerprint density at radius 2 is 1.78 bits per heavy atom. The van der Waals surface area contributed by atoms with Crippen molar-refractivity contribution in [2.45, 2.75) is 13.0 Å². The molecule has 0 saturated heterocycles. The molecule has 0 unspecified atom stereocenters. The number of benzene rings is 2. The molecule has 23 heavy (non-hydrogen) atoms. The predicted molar refractivity (Wildman–Crippen MR) is 90.0 cm³/mol. The summed E-state index contributed by atoms with van der Waals surface area (Å²) < 4.78 is 1.56. The molecule has 116 valence electrons. The number of carbonyl (C=O) groups is 1. The Kier molecular flexibility index (Phi) is 4.19. The molecule has 0 N–H and O–H groups in total. The van der Waals surface area contributed by atoms with Gasteiger partial charge in [0.05, 0.1) is 5.69 Å². The third kappa shape index (κ3) is 2.99. The monoisotopic (exact) mass is 306 g/mol. The lowest BCUT2D eigenvalue weighted by Crippen LogP contribution is -2.33. The maximum Gasteiger partial charge on any atom is 0.251 e. The fraction of sp³-hybridized carbons (Fsp3) is 0.167. The highest BCUT2D eigenvalue weighted by atomic mass is 16.2. The molecule has 0 fully saturated rings. The first kappa shape index (κ1) is 15.0. The van der Waals surface area contributed by atoms with Crippen LogP contribution in [0.1, 0.15) is 13.0 Å². The van der Waals surface area contributed by atoms with E-state index in [2.05, 4.69) is 10.1 Å². The minimum absolute atomic E-state index is 0.0427. The van der Waals surface area contributed by atoms with Crippen LogP contribution < -0.4 is 4.90 Å². The molecule has 1 heterocycles. The lowest BCUT2D eigenvalue weighted by atomic mass is 10.0. The Morgan fingerprint density at radius 3 is 2.48 bits per heavy atom. The van der Waals surface area contributed by atoms with Crippen molar-refractivity contribution in [1.82, 2.24) is 14.8 Å². The lowest BCUT2D eigenvalue weighted by molar-refractivity contribution is -0.121. The Balaban J connectivity index is 1.94. The van der Waals surface area contributed by atoms with E-state index in [1.54, 1.807) is 23.0 Å². The maximum absolute atomic E-state index is 12.8. The van der Waals surface area contributed by atoms with Crippen LogP contribution in [0, 0.1) is 0 Å². The molecule has 0 aliphatic heterocycles. The van der Waals surface area contributed by atoms with E-state index in [1.807, 2.05) is 61.5 Å². The predicted octanol–water partition coefficient (Wildman–Crippen LogP) is 3.17. The van der Waals surface area contributed by atoms with Crippen LogP contribution >= 0.6 is 0 Å². The number of aromatic nitrogens is 3. The van der Waals surface area contributed by atoms with E-state index in [9.17, 15) is 4.79 Å². The fourth-order valence-electron chi connectivity index (χ4n) is 2.56. The highest BCUT2D eigenvalue weighted by Crippen LogP contribution is 2.30. The van der Waals surface area contributed by atoms with Crippen LogP contribution in [0.4, 0.5) is 5.69 Å². The van der Waals surface area contributed by atoms with Crippen LogP contribution in [0.5, 0.6) is 0 Å². The Morgan fingerprint density at radius 1 is 1.09 bits per heavy atom.